The number of rotatable bonds is 4. The summed E-state index contributed by atoms with van der Waals surface area (Å²) in [5, 5.41) is 3.39. The molecule has 0 bridgehead atoms. The first-order chi connectivity index (χ1) is 6.54. The molecule has 1 aliphatic rings. The lowest BCUT2D eigenvalue weighted by atomic mass is 9.90. The van der Waals surface area contributed by atoms with E-state index in [-0.39, 0.29) is 0 Å². The predicted octanol–water partition coefficient (Wildman–Crippen LogP) is 1.96. The Kier molecular flexibility index (Phi) is 4.39. The summed E-state index contributed by atoms with van der Waals surface area (Å²) in [7, 11) is 4.34. The van der Waals surface area contributed by atoms with Crippen molar-refractivity contribution in [3.63, 3.8) is 0 Å². The van der Waals surface area contributed by atoms with Gasteiger partial charge in [0.1, 0.15) is 0 Å². The highest BCUT2D eigenvalue weighted by atomic mass is 15.2. The van der Waals surface area contributed by atoms with Gasteiger partial charge in [0.25, 0.3) is 0 Å². The Morgan fingerprint density at radius 1 is 1.36 bits per heavy atom. The largest absolute Gasteiger partial charge is 0.316 e. The van der Waals surface area contributed by atoms with Crippen LogP contribution in [0.4, 0.5) is 0 Å². The van der Waals surface area contributed by atoms with E-state index in [1.807, 2.05) is 0 Å². The standard InChI is InChI=1S/C12H26N2/c1-9(2)6-10(3)12-7-11(13-4)8-14(12)5/h9-13H,6-8H2,1-5H3. The van der Waals surface area contributed by atoms with Crippen molar-refractivity contribution < 1.29 is 0 Å². The highest BCUT2D eigenvalue weighted by Crippen LogP contribution is 2.26. The fraction of sp³-hybridized carbons (Fsp3) is 1.00. The summed E-state index contributed by atoms with van der Waals surface area (Å²) in [4.78, 5) is 2.52. The Bertz CT molecular complexity index is 168. The molecule has 0 aliphatic carbocycles. The Morgan fingerprint density at radius 3 is 2.43 bits per heavy atom. The van der Waals surface area contributed by atoms with Crippen molar-refractivity contribution >= 4 is 0 Å². The van der Waals surface area contributed by atoms with Crippen LogP contribution in [0.2, 0.25) is 0 Å². The van der Waals surface area contributed by atoms with E-state index in [2.05, 4.69) is 45.1 Å². The molecule has 1 heterocycles. The second kappa shape index (κ2) is 5.13. The molecule has 0 aromatic carbocycles. The van der Waals surface area contributed by atoms with E-state index in [4.69, 9.17) is 0 Å². The van der Waals surface area contributed by atoms with E-state index < -0.39 is 0 Å². The summed E-state index contributed by atoms with van der Waals surface area (Å²) in [6, 6.07) is 1.49. The molecule has 3 atom stereocenters. The molecular formula is C12H26N2. The molecule has 1 N–H and O–H groups in total. The van der Waals surface area contributed by atoms with Gasteiger partial charge >= 0.3 is 0 Å². The number of likely N-dealkylation sites (N-methyl/N-ethyl adjacent to an activating group) is 2. The van der Waals surface area contributed by atoms with Gasteiger partial charge in [0, 0.05) is 18.6 Å². The molecule has 0 radical (unpaired) electrons. The van der Waals surface area contributed by atoms with Crippen LogP contribution in [0.3, 0.4) is 0 Å². The van der Waals surface area contributed by atoms with Gasteiger partial charge in [0.2, 0.25) is 0 Å². The molecule has 0 spiro atoms. The van der Waals surface area contributed by atoms with E-state index in [0.717, 1.165) is 17.9 Å². The van der Waals surface area contributed by atoms with Gasteiger partial charge in [-0.2, -0.15) is 0 Å². The smallest absolute Gasteiger partial charge is 0.0206 e. The second-order valence-corrected chi connectivity index (χ2v) is 5.34. The first-order valence-electron chi connectivity index (χ1n) is 5.92. The average Bonchev–Trinajstić information content (AvgIpc) is 2.45. The van der Waals surface area contributed by atoms with Gasteiger partial charge in [0.05, 0.1) is 0 Å². The zero-order chi connectivity index (χ0) is 10.7. The molecule has 1 rings (SSSR count). The molecule has 0 saturated carbocycles. The van der Waals surface area contributed by atoms with Gasteiger partial charge < -0.3 is 10.2 Å². The summed E-state index contributed by atoms with van der Waals surface area (Å²) >= 11 is 0. The Labute approximate surface area is 89.1 Å². The van der Waals surface area contributed by atoms with Gasteiger partial charge in [-0.25, -0.2) is 0 Å². The fourth-order valence-corrected chi connectivity index (χ4v) is 2.81. The highest BCUT2D eigenvalue weighted by molar-refractivity contribution is 4.89. The van der Waals surface area contributed by atoms with E-state index in [0.29, 0.717) is 6.04 Å². The number of hydrogen-bond acceptors (Lipinski definition) is 2. The van der Waals surface area contributed by atoms with Crippen LogP contribution in [0.25, 0.3) is 0 Å². The minimum Gasteiger partial charge on any atom is -0.316 e. The van der Waals surface area contributed by atoms with Crippen LogP contribution in [0.5, 0.6) is 0 Å². The maximum atomic E-state index is 3.39. The number of hydrogen-bond donors (Lipinski definition) is 1. The van der Waals surface area contributed by atoms with E-state index in [9.17, 15) is 0 Å². The SMILES string of the molecule is CNC1CC(C(C)CC(C)C)N(C)C1. The molecule has 84 valence electrons. The molecule has 3 unspecified atom stereocenters. The summed E-state index contributed by atoms with van der Waals surface area (Å²) in [5.41, 5.74) is 0. The van der Waals surface area contributed by atoms with Crippen molar-refractivity contribution in [3.05, 3.63) is 0 Å². The molecule has 0 aromatic rings. The number of nitrogens with one attached hydrogen (secondary N) is 1. The van der Waals surface area contributed by atoms with Gasteiger partial charge in [0.15, 0.2) is 0 Å². The van der Waals surface area contributed by atoms with Gasteiger partial charge in [-0.15, -0.1) is 0 Å². The lowest BCUT2D eigenvalue weighted by molar-refractivity contribution is 0.216. The predicted molar refractivity (Wildman–Crippen MR) is 62.5 cm³/mol. The molecule has 14 heavy (non-hydrogen) atoms. The maximum Gasteiger partial charge on any atom is 0.0206 e. The van der Waals surface area contributed by atoms with Crippen LogP contribution in [0, 0.1) is 11.8 Å². The lowest BCUT2D eigenvalue weighted by Crippen LogP contribution is -2.32. The van der Waals surface area contributed by atoms with E-state index in [1.165, 1.54) is 19.4 Å². The molecular weight excluding hydrogens is 172 g/mol. The van der Waals surface area contributed by atoms with Crippen molar-refractivity contribution in [1.82, 2.24) is 10.2 Å². The Balaban J connectivity index is 2.43. The van der Waals surface area contributed by atoms with Crippen LogP contribution < -0.4 is 5.32 Å². The third-order valence-corrected chi connectivity index (χ3v) is 3.51. The molecule has 1 fully saturated rings. The quantitative estimate of drug-likeness (QED) is 0.743. The second-order valence-electron chi connectivity index (χ2n) is 5.34. The van der Waals surface area contributed by atoms with Crippen LogP contribution in [0.1, 0.15) is 33.6 Å². The van der Waals surface area contributed by atoms with Crippen molar-refractivity contribution in [3.8, 4) is 0 Å². The Morgan fingerprint density at radius 2 is 2.00 bits per heavy atom. The summed E-state index contributed by atoms with van der Waals surface area (Å²) in [6.45, 7) is 8.25. The molecule has 1 saturated heterocycles. The van der Waals surface area contributed by atoms with Crippen LogP contribution in [-0.4, -0.2) is 37.6 Å². The molecule has 2 heteroatoms. The van der Waals surface area contributed by atoms with Crippen LogP contribution in [-0.2, 0) is 0 Å². The van der Waals surface area contributed by atoms with Gasteiger partial charge in [-0.1, -0.05) is 20.8 Å². The van der Waals surface area contributed by atoms with Crippen LogP contribution >= 0.6 is 0 Å². The molecule has 2 nitrogen and oxygen atoms in total. The number of likely N-dealkylation sites (tertiary alicyclic amines) is 1. The minimum atomic E-state index is 0.708. The van der Waals surface area contributed by atoms with Crippen molar-refractivity contribution in [1.29, 1.82) is 0 Å². The Hall–Kier alpha value is -0.0800. The average molecular weight is 198 g/mol. The zero-order valence-electron chi connectivity index (χ0n) is 10.4. The maximum absolute atomic E-state index is 3.39. The van der Waals surface area contributed by atoms with E-state index >= 15 is 0 Å². The molecule has 0 aromatic heterocycles. The minimum absolute atomic E-state index is 0.708. The molecule has 1 aliphatic heterocycles. The number of nitrogens with zero attached hydrogens (tertiary/aromatic N) is 1. The van der Waals surface area contributed by atoms with Gasteiger partial charge in [-0.05, 0) is 38.8 Å². The molecule has 0 amide bonds. The lowest BCUT2D eigenvalue weighted by Gasteiger charge is -2.27. The zero-order valence-corrected chi connectivity index (χ0v) is 10.4. The third-order valence-electron chi connectivity index (χ3n) is 3.51. The third kappa shape index (κ3) is 2.96. The monoisotopic (exact) mass is 198 g/mol. The topological polar surface area (TPSA) is 15.3 Å². The van der Waals surface area contributed by atoms with Crippen molar-refractivity contribution in [2.45, 2.75) is 45.7 Å². The van der Waals surface area contributed by atoms with Crippen molar-refractivity contribution in [2.75, 3.05) is 20.6 Å². The summed E-state index contributed by atoms with van der Waals surface area (Å²) < 4.78 is 0. The van der Waals surface area contributed by atoms with Gasteiger partial charge in [-0.3, -0.25) is 0 Å². The fourth-order valence-electron chi connectivity index (χ4n) is 2.81. The summed E-state index contributed by atoms with van der Waals surface area (Å²) in [6.07, 6.45) is 2.67. The first kappa shape index (κ1) is 12.0. The first-order valence-corrected chi connectivity index (χ1v) is 5.92. The van der Waals surface area contributed by atoms with Crippen LogP contribution in [0.15, 0.2) is 0 Å². The summed E-state index contributed by atoms with van der Waals surface area (Å²) in [5.74, 6) is 1.66. The van der Waals surface area contributed by atoms with E-state index in [1.54, 1.807) is 0 Å². The van der Waals surface area contributed by atoms with Crippen molar-refractivity contribution in [2.24, 2.45) is 11.8 Å². The normalized spacial score (nSPS) is 31.3. The highest BCUT2D eigenvalue weighted by Gasteiger charge is 2.32.